The first-order valence-electron chi connectivity index (χ1n) is 8.88. The fourth-order valence-corrected chi connectivity index (χ4v) is 4.05. The minimum absolute atomic E-state index is 0.0350. The molecule has 0 saturated carbocycles. The van der Waals surface area contributed by atoms with E-state index in [0.717, 1.165) is 6.42 Å². The van der Waals surface area contributed by atoms with Crippen molar-refractivity contribution in [3.05, 3.63) is 65.7 Å². The molecule has 144 valence electrons. The Kier molecular flexibility index (Phi) is 6.13. The van der Waals surface area contributed by atoms with Crippen LogP contribution in [0.4, 0.5) is 10.5 Å². The molecule has 0 aliphatic carbocycles. The molecule has 2 aromatic rings. The van der Waals surface area contributed by atoms with E-state index in [-0.39, 0.29) is 17.9 Å². The van der Waals surface area contributed by atoms with Crippen LogP contribution in [0.5, 0.6) is 0 Å². The van der Waals surface area contributed by atoms with E-state index in [1.807, 2.05) is 18.2 Å². The number of anilines is 1. The molecule has 2 atom stereocenters. The quantitative estimate of drug-likeness (QED) is 0.797. The number of carbonyl (C=O) groups is 1. The number of hydrogen-bond donors (Lipinski definition) is 2. The summed E-state index contributed by atoms with van der Waals surface area (Å²) < 4.78 is 28.9. The molecule has 0 aromatic heterocycles. The van der Waals surface area contributed by atoms with Crippen molar-refractivity contribution in [2.75, 3.05) is 24.7 Å². The highest BCUT2D eigenvalue weighted by Gasteiger charge is 2.26. The number of sulfone groups is 1. The number of urea groups is 1. The highest BCUT2D eigenvalue weighted by atomic mass is 32.2. The lowest BCUT2D eigenvalue weighted by Gasteiger charge is -2.14. The highest BCUT2D eigenvalue weighted by Crippen LogP contribution is 2.28. The van der Waals surface area contributed by atoms with Crippen LogP contribution in [0.3, 0.4) is 0 Å². The number of hydrogen-bond acceptors (Lipinski definition) is 4. The fourth-order valence-electron chi connectivity index (χ4n) is 3.23. The summed E-state index contributed by atoms with van der Waals surface area (Å²) in [5.41, 5.74) is 2.31. The molecule has 7 heteroatoms. The lowest BCUT2D eigenvalue weighted by Crippen LogP contribution is -2.35. The van der Waals surface area contributed by atoms with E-state index in [2.05, 4.69) is 22.8 Å². The summed E-state index contributed by atoms with van der Waals surface area (Å²) in [6.45, 7) is 1.05. The van der Waals surface area contributed by atoms with E-state index in [0.29, 0.717) is 30.3 Å². The predicted octanol–water partition coefficient (Wildman–Crippen LogP) is 2.93. The first kappa shape index (κ1) is 19.4. The van der Waals surface area contributed by atoms with Crippen LogP contribution in [0, 0.1) is 0 Å². The Labute approximate surface area is 159 Å². The van der Waals surface area contributed by atoms with Gasteiger partial charge in [0.15, 0.2) is 9.84 Å². The van der Waals surface area contributed by atoms with Gasteiger partial charge in [0.1, 0.15) is 0 Å². The van der Waals surface area contributed by atoms with Crippen LogP contribution < -0.4 is 10.6 Å². The second-order valence-electron chi connectivity index (χ2n) is 6.86. The number of ether oxygens (including phenoxy) is 1. The molecular weight excluding hydrogens is 364 g/mol. The maximum Gasteiger partial charge on any atom is 0.319 e. The third kappa shape index (κ3) is 5.80. The molecule has 0 radical (unpaired) electrons. The number of carbonyl (C=O) groups excluding carboxylic acids is 1. The van der Waals surface area contributed by atoms with Gasteiger partial charge in [0, 0.05) is 24.4 Å². The van der Waals surface area contributed by atoms with Gasteiger partial charge < -0.3 is 15.4 Å². The van der Waals surface area contributed by atoms with E-state index in [4.69, 9.17) is 4.74 Å². The second-order valence-corrected chi connectivity index (χ2v) is 9.00. The Bertz CT molecular complexity index is 884. The number of rotatable bonds is 6. The minimum Gasteiger partial charge on any atom is -0.376 e. The molecule has 1 heterocycles. The number of para-hydroxylation sites is 1. The van der Waals surface area contributed by atoms with Crippen LogP contribution in [0.2, 0.25) is 0 Å². The molecule has 27 heavy (non-hydrogen) atoms. The summed E-state index contributed by atoms with van der Waals surface area (Å²) in [4.78, 5) is 12.2. The molecule has 6 nitrogen and oxygen atoms in total. The van der Waals surface area contributed by atoms with Gasteiger partial charge in [-0.1, -0.05) is 48.5 Å². The number of amides is 2. The molecule has 3 rings (SSSR count). The van der Waals surface area contributed by atoms with Gasteiger partial charge in [-0.3, -0.25) is 0 Å². The number of nitrogens with one attached hydrogen (secondary N) is 2. The third-order valence-electron chi connectivity index (χ3n) is 4.53. The molecule has 0 unspecified atom stereocenters. The van der Waals surface area contributed by atoms with Gasteiger partial charge in [0.25, 0.3) is 0 Å². The van der Waals surface area contributed by atoms with Crippen molar-refractivity contribution in [1.82, 2.24) is 5.32 Å². The molecule has 2 amide bonds. The Balaban J connectivity index is 1.51. The number of benzene rings is 2. The largest absolute Gasteiger partial charge is 0.376 e. The van der Waals surface area contributed by atoms with Gasteiger partial charge in [0.05, 0.1) is 18.5 Å². The van der Waals surface area contributed by atoms with Crippen LogP contribution >= 0.6 is 0 Å². The van der Waals surface area contributed by atoms with Crippen molar-refractivity contribution in [2.45, 2.75) is 24.2 Å². The molecule has 2 N–H and O–H groups in total. The summed E-state index contributed by atoms with van der Waals surface area (Å²) in [6.07, 6.45) is 1.99. The summed E-state index contributed by atoms with van der Waals surface area (Å²) in [5, 5.41) is 5.54. The van der Waals surface area contributed by atoms with Gasteiger partial charge in [-0.25, -0.2) is 13.2 Å². The van der Waals surface area contributed by atoms with Gasteiger partial charge in [-0.05, 0) is 23.6 Å². The maximum atomic E-state index is 12.2. The molecule has 1 aliphatic heterocycles. The van der Waals surface area contributed by atoms with Crippen molar-refractivity contribution in [3.8, 4) is 0 Å². The van der Waals surface area contributed by atoms with Crippen LogP contribution in [0.1, 0.15) is 23.5 Å². The first-order valence-corrected chi connectivity index (χ1v) is 10.9. The van der Waals surface area contributed by atoms with E-state index < -0.39 is 9.84 Å². The Morgan fingerprint density at radius 3 is 2.56 bits per heavy atom. The molecule has 1 saturated heterocycles. The maximum absolute atomic E-state index is 12.2. The molecule has 1 aliphatic rings. The second kappa shape index (κ2) is 8.54. The van der Waals surface area contributed by atoms with Crippen molar-refractivity contribution in [1.29, 1.82) is 0 Å². The lowest BCUT2D eigenvalue weighted by atomic mass is 9.96. The van der Waals surface area contributed by atoms with Gasteiger partial charge in [-0.15, -0.1) is 0 Å². The van der Waals surface area contributed by atoms with Crippen molar-refractivity contribution < 1.29 is 17.9 Å². The van der Waals surface area contributed by atoms with Gasteiger partial charge >= 0.3 is 6.03 Å². The van der Waals surface area contributed by atoms with Crippen molar-refractivity contribution in [3.63, 3.8) is 0 Å². The zero-order valence-corrected chi connectivity index (χ0v) is 16.0. The summed E-state index contributed by atoms with van der Waals surface area (Å²) in [5.74, 6) is 0.227. The normalized spacial score (nSPS) is 19.6. The van der Waals surface area contributed by atoms with Crippen LogP contribution in [0.15, 0.2) is 54.6 Å². The molecule has 1 fully saturated rings. The highest BCUT2D eigenvalue weighted by molar-refractivity contribution is 7.89. The summed E-state index contributed by atoms with van der Waals surface area (Å²) in [6, 6.07) is 16.7. The average Bonchev–Trinajstić information content (AvgIpc) is 3.10. The van der Waals surface area contributed by atoms with E-state index >= 15 is 0 Å². The van der Waals surface area contributed by atoms with Gasteiger partial charge in [-0.2, -0.15) is 0 Å². The predicted molar refractivity (Wildman–Crippen MR) is 106 cm³/mol. The Hall–Kier alpha value is -2.38. The van der Waals surface area contributed by atoms with E-state index in [1.165, 1.54) is 11.8 Å². The summed E-state index contributed by atoms with van der Waals surface area (Å²) in [7, 11) is -3.19. The minimum atomic E-state index is -3.19. The molecular formula is C20H24N2O4S. The van der Waals surface area contributed by atoms with E-state index in [9.17, 15) is 13.2 Å². The zero-order valence-electron chi connectivity index (χ0n) is 15.2. The van der Waals surface area contributed by atoms with Crippen molar-refractivity contribution in [2.24, 2.45) is 0 Å². The smallest absolute Gasteiger partial charge is 0.319 e. The topological polar surface area (TPSA) is 84.5 Å². The van der Waals surface area contributed by atoms with Gasteiger partial charge in [0.2, 0.25) is 0 Å². The molecule has 2 aromatic carbocycles. The SMILES string of the molecule is CS(=O)(=O)Cc1ccccc1NC(=O)NC[C@@H]1C[C@H](c2ccccc2)CO1. The van der Waals surface area contributed by atoms with Crippen LogP contribution in [-0.4, -0.2) is 40.0 Å². The lowest BCUT2D eigenvalue weighted by molar-refractivity contribution is 0.110. The molecule has 0 bridgehead atoms. The Morgan fingerprint density at radius 1 is 1.11 bits per heavy atom. The summed E-state index contributed by atoms with van der Waals surface area (Å²) >= 11 is 0. The standard InChI is InChI=1S/C20H24N2O4S/c1-27(24,25)14-16-9-5-6-10-19(16)22-20(23)21-12-18-11-17(13-26-18)15-7-3-2-4-8-15/h2-10,17-18H,11-14H2,1H3,(H2,21,22,23)/t17-,18-/m0/s1. The zero-order chi connectivity index (χ0) is 19.3. The Morgan fingerprint density at radius 2 is 1.81 bits per heavy atom. The van der Waals surface area contributed by atoms with Crippen molar-refractivity contribution >= 4 is 21.6 Å². The monoisotopic (exact) mass is 388 g/mol. The van der Waals surface area contributed by atoms with E-state index in [1.54, 1.807) is 24.3 Å². The molecule has 0 spiro atoms. The first-order chi connectivity index (χ1) is 12.9. The van der Waals surface area contributed by atoms with Crippen LogP contribution in [0.25, 0.3) is 0 Å². The average molecular weight is 388 g/mol. The third-order valence-corrected chi connectivity index (χ3v) is 5.36. The van der Waals surface area contributed by atoms with Crippen LogP contribution in [-0.2, 0) is 20.3 Å². The fraction of sp³-hybridized carbons (Fsp3) is 0.350.